The van der Waals surface area contributed by atoms with E-state index in [9.17, 15) is 9.90 Å². The van der Waals surface area contributed by atoms with Crippen LogP contribution in [0.25, 0.3) is 0 Å². The molecule has 2 rings (SSSR count). The third kappa shape index (κ3) is 3.92. The van der Waals surface area contributed by atoms with Gasteiger partial charge >= 0.3 is 5.97 Å². The molecule has 23 heavy (non-hydrogen) atoms. The summed E-state index contributed by atoms with van der Waals surface area (Å²) in [5.74, 6) is 0.285. The zero-order valence-electron chi connectivity index (χ0n) is 14.1. The topological polar surface area (TPSA) is 46.5 Å². The highest BCUT2D eigenvalue weighted by Gasteiger charge is 2.24. The number of hydrogen-bond acceptors (Lipinski definition) is 2. The van der Waals surface area contributed by atoms with E-state index in [1.54, 1.807) is 12.1 Å². The van der Waals surface area contributed by atoms with Gasteiger partial charge in [0.2, 0.25) is 6.10 Å². The fourth-order valence-corrected chi connectivity index (χ4v) is 2.80. The first-order valence-electron chi connectivity index (χ1n) is 7.99. The maximum atomic E-state index is 11.7. The maximum absolute atomic E-state index is 11.7. The number of aliphatic carboxylic acids is 1. The Kier molecular flexibility index (Phi) is 5.43. The van der Waals surface area contributed by atoms with Crippen LogP contribution in [0.2, 0.25) is 0 Å². The number of ether oxygens (including phenoxy) is 1. The van der Waals surface area contributed by atoms with Crippen molar-refractivity contribution in [3.63, 3.8) is 0 Å². The predicted molar refractivity (Wildman–Crippen MR) is 92.1 cm³/mol. The Morgan fingerprint density at radius 2 is 1.57 bits per heavy atom. The summed E-state index contributed by atoms with van der Waals surface area (Å²) < 4.78 is 5.95. The second-order valence-electron chi connectivity index (χ2n) is 6.32. The molecule has 3 heteroatoms. The van der Waals surface area contributed by atoms with E-state index < -0.39 is 12.1 Å². The summed E-state index contributed by atoms with van der Waals surface area (Å²) in [6, 6.07) is 14.9. The quantitative estimate of drug-likeness (QED) is 0.803. The highest BCUT2D eigenvalue weighted by Crippen LogP contribution is 2.36. The van der Waals surface area contributed by atoms with Crippen molar-refractivity contribution in [1.82, 2.24) is 0 Å². The van der Waals surface area contributed by atoms with E-state index in [2.05, 4.69) is 33.8 Å². The molecule has 0 spiro atoms. The highest BCUT2D eigenvalue weighted by molar-refractivity contribution is 5.75. The van der Waals surface area contributed by atoms with E-state index in [-0.39, 0.29) is 5.92 Å². The molecule has 3 nitrogen and oxygen atoms in total. The molecule has 1 unspecified atom stereocenters. The summed E-state index contributed by atoms with van der Waals surface area (Å²) in [6.07, 6.45) is -1.00. The molecule has 1 atom stereocenters. The van der Waals surface area contributed by atoms with Crippen LogP contribution in [0.1, 0.15) is 62.3 Å². The van der Waals surface area contributed by atoms with E-state index in [0.29, 0.717) is 17.2 Å². The molecular formula is C20H24O3. The van der Waals surface area contributed by atoms with Crippen molar-refractivity contribution < 1.29 is 14.6 Å². The lowest BCUT2D eigenvalue weighted by Gasteiger charge is -2.23. The highest BCUT2D eigenvalue weighted by atomic mass is 16.5. The van der Waals surface area contributed by atoms with Crippen LogP contribution in [0.3, 0.4) is 0 Å². The summed E-state index contributed by atoms with van der Waals surface area (Å²) in [4.78, 5) is 11.7. The normalized spacial score (nSPS) is 12.4. The first-order chi connectivity index (χ1) is 10.9. The van der Waals surface area contributed by atoms with Crippen LogP contribution >= 0.6 is 0 Å². The van der Waals surface area contributed by atoms with Gasteiger partial charge in [0.25, 0.3) is 0 Å². The van der Waals surface area contributed by atoms with Gasteiger partial charge in [-0.3, -0.25) is 0 Å². The molecule has 0 radical (unpaired) electrons. The fraction of sp³-hybridized carbons (Fsp3) is 0.350. The first-order valence-corrected chi connectivity index (χ1v) is 7.99. The molecule has 0 saturated carbocycles. The Bertz CT molecular complexity index is 660. The van der Waals surface area contributed by atoms with Crippen molar-refractivity contribution in [2.24, 2.45) is 0 Å². The minimum atomic E-state index is -1.00. The molecular weight excluding hydrogens is 288 g/mol. The van der Waals surface area contributed by atoms with Gasteiger partial charge in [0.1, 0.15) is 5.75 Å². The minimum Gasteiger partial charge on any atom is -0.478 e. The monoisotopic (exact) mass is 312 g/mol. The number of rotatable bonds is 6. The van der Waals surface area contributed by atoms with Crippen molar-refractivity contribution in [3.8, 4) is 5.75 Å². The van der Waals surface area contributed by atoms with Crippen LogP contribution in [0.15, 0.2) is 48.5 Å². The molecule has 0 aliphatic heterocycles. The lowest BCUT2D eigenvalue weighted by Crippen LogP contribution is -2.19. The Labute approximate surface area is 137 Å². The smallest absolute Gasteiger partial charge is 0.349 e. The van der Waals surface area contributed by atoms with Crippen LogP contribution in [0.4, 0.5) is 0 Å². The zero-order chi connectivity index (χ0) is 17.0. The van der Waals surface area contributed by atoms with Gasteiger partial charge in [0.15, 0.2) is 0 Å². The van der Waals surface area contributed by atoms with Gasteiger partial charge in [-0.15, -0.1) is 0 Å². The van der Waals surface area contributed by atoms with Gasteiger partial charge < -0.3 is 9.84 Å². The SMILES string of the molecule is CC(C)c1cccc(OC(C(=O)O)c2ccccc2)c1C(C)C. The molecule has 0 fully saturated rings. The molecule has 2 aromatic rings. The van der Waals surface area contributed by atoms with Gasteiger partial charge in [-0.2, -0.15) is 0 Å². The van der Waals surface area contributed by atoms with Crippen LogP contribution in [-0.4, -0.2) is 11.1 Å². The van der Waals surface area contributed by atoms with E-state index in [1.807, 2.05) is 30.3 Å². The minimum absolute atomic E-state index is 0.258. The Balaban J connectivity index is 2.45. The molecule has 122 valence electrons. The van der Waals surface area contributed by atoms with Crippen molar-refractivity contribution in [3.05, 3.63) is 65.2 Å². The number of carbonyl (C=O) groups is 1. The van der Waals surface area contributed by atoms with Crippen LogP contribution in [0, 0.1) is 0 Å². The Morgan fingerprint density at radius 1 is 0.913 bits per heavy atom. The molecule has 0 heterocycles. The van der Waals surface area contributed by atoms with E-state index in [4.69, 9.17) is 4.74 Å². The Hall–Kier alpha value is -2.29. The predicted octanol–water partition coefficient (Wildman–Crippen LogP) is 5.14. The average molecular weight is 312 g/mol. The van der Waals surface area contributed by atoms with Gasteiger partial charge in [-0.05, 0) is 23.5 Å². The lowest BCUT2D eigenvalue weighted by atomic mass is 9.90. The molecule has 0 amide bonds. The largest absolute Gasteiger partial charge is 0.478 e. The summed E-state index contributed by atoms with van der Waals surface area (Å²) >= 11 is 0. The molecule has 0 aliphatic rings. The van der Waals surface area contributed by atoms with E-state index in [1.165, 1.54) is 5.56 Å². The van der Waals surface area contributed by atoms with Crippen LogP contribution in [0.5, 0.6) is 5.75 Å². The number of carboxylic acid groups (broad SMARTS) is 1. The van der Waals surface area contributed by atoms with Crippen molar-refractivity contribution >= 4 is 5.97 Å². The Morgan fingerprint density at radius 3 is 2.09 bits per heavy atom. The summed E-state index contributed by atoms with van der Waals surface area (Å²) in [5.41, 5.74) is 2.93. The zero-order valence-corrected chi connectivity index (χ0v) is 14.1. The average Bonchev–Trinajstić information content (AvgIpc) is 2.52. The summed E-state index contributed by atoms with van der Waals surface area (Å²) in [5, 5.41) is 9.57. The molecule has 0 saturated heterocycles. The van der Waals surface area contributed by atoms with Crippen LogP contribution < -0.4 is 4.74 Å². The van der Waals surface area contributed by atoms with Gasteiger partial charge in [0, 0.05) is 11.1 Å². The summed E-state index contributed by atoms with van der Waals surface area (Å²) in [7, 11) is 0. The lowest BCUT2D eigenvalue weighted by molar-refractivity contribution is -0.145. The second kappa shape index (κ2) is 7.32. The number of benzene rings is 2. The van der Waals surface area contributed by atoms with Gasteiger partial charge in [-0.25, -0.2) is 4.79 Å². The number of hydrogen-bond donors (Lipinski definition) is 1. The fourth-order valence-electron chi connectivity index (χ4n) is 2.80. The van der Waals surface area contributed by atoms with Gasteiger partial charge in [-0.1, -0.05) is 70.2 Å². The summed E-state index contributed by atoms with van der Waals surface area (Å²) in [6.45, 7) is 8.48. The van der Waals surface area contributed by atoms with E-state index >= 15 is 0 Å². The molecule has 0 aliphatic carbocycles. The molecule has 0 aromatic heterocycles. The first kappa shape index (κ1) is 17.1. The molecule has 0 bridgehead atoms. The van der Waals surface area contributed by atoms with Crippen molar-refractivity contribution in [2.45, 2.75) is 45.6 Å². The number of carboxylic acids is 1. The van der Waals surface area contributed by atoms with Crippen molar-refractivity contribution in [1.29, 1.82) is 0 Å². The van der Waals surface area contributed by atoms with Crippen molar-refractivity contribution in [2.75, 3.05) is 0 Å². The maximum Gasteiger partial charge on any atom is 0.349 e. The standard InChI is InChI=1S/C20H24O3/c1-13(2)16-11-8-12-17(18(16)14(3)4)23-19(20(21)22)15-9-6-5-7-10-15/h5-14,19H,1-4H3,(H,21,22). The molecule has 2 aromatic carbocycles. The van der Waals surface area contributed by atoms with Gasteiger partial charge in [0.05, 0.1) is 0 Å². The van der Waals surface area contributed by atoms with E-state index in [0.717, 1.165) is 5.56 Å². The van der Waals surface area contributed by atoms with Crippen LogP contribution in [-0.2, 0) is 4.79 Å². The molecule has 1 N–H and O–H groups in total. The third-order valence-corrected chi connectivity index (χ3v) is 3.87. The third-order valence-electron chi connectivity index (χ3n) is 3.87. The second-order valence-corrected chi connectivity index (χ2v) is 6.32.